The molecule has 2 fully saturated rings. The van der Waals surface area contributed by atoms with Crippen molar-refractivity contribution in [1.82, 2.24) is 19.9 Å². The molecule has 0 spiro atoms. The lowest BCUT2D eigenvalue weighted by Gasteiger charge is -2.33. The van der Waals surface area contributed by atoms with E-state index in [2.05, 4.69) is 56.4 Å². The zero-order chi connectivity index (χ0) is 22.8. The normalized spacial score (nSPS) is 18.8. The predicted octanol–water partition coefficient (Wildman–Crippen LogP) is 4.38. The Bertz CT molecular complexity index is 1070. The minimum atomic E-state index is 0.298. The number of likely N-dealkylation sites (tertiary alicyclic amines) is 1. The van der Waals surface area contributed by atoms with Crippen LogP contribution in [0.15, 0.2) is 30.5 Å². The fourth-order valence-corrected chi connectivity index (χ4v) is 5.26. The number of aliphatic hydroxyl groups excluding tert-OH is 1. The molecule has 2 aliphatic rings. The Kier molecular flexibility index (Phi) is 6.71. The van der Waals surface area contributed by atoms with Crippen LogP contribution in [0.2, 0.25) is 5.02 Å². The summed E-state index contributed by atoms with van der Waals surface area (Å²) in [5.74, 6) is 1.46. The van der Waals surface area contributed by atoms with E-state index in [-0.39, 0.29) is 0 Å². The maximum absolute atomic E-state index is 9.18. The van der Waals surface area contributed by atoms with E-state index in [1.54, 1.807) is 6.20 Å². The highest BCUT2D eigenvalue weighted by Gasteiger charge is 2.21. The summed E-state index contributed by atoms with van der Waals surface area (Å²) in [6.45, 7) is 4.56. The molecule has 176 valence electrons. The van der Waals surface area contributed by atoms with Crippen LogP contribution < -0.4 is 10.2 Å². The summed E-state index contributed by atoms with van der Waals surface area (Å²) in [5, 5.41) is 13.4. The second-order valence-corrected chi connectivity index (χ2v) is 9.88. The van der Waals surface area contributed by atoms with Crippen molar-refractivity contribution in [2.75, 3.05) is 50.1 Å². The number of anilines is 2. The lowest BCUT2D eigenvalue weighted by atomic mass is 9.93. The van der Waals surface area contributed by atoms with Crippen LogP contribution in [0, 0.1) is 5.92 Å². The van der Waals surface area contributed by atoms with Gasteiger partial charge < -0.3 is 25.2 Å². The number of halogens is 1. The van der Waals surface area contributed by atoms with Gasteiger partial charge in [-0.25, -0.2) is 9.97 Å². The number of piperidine rings is 2. The van der Waals surface area contributed by atoms with Crippen LogP contribution in [-0.4, -0.2) is 70.8 Å². The predicted molar refractivity (Wildman–Crippen MR) is 135 cm³/mol. The molecule has 7 nitrogen and oxygen atoms in total. The lowest BCUT2D eigenvalue weighted by molar-refractivity contribution is 0.240. The van der Waals surface area contributed by atoms with Gasteiger partial charge in [0.15, 0.2) is 5.65 Å². The molecule has 3 N–H and O–H groups in total. The van der Waals surface area contributed by atoms with E-state index < -0.39 is 0 Å². The molecule has 5 rings (SSSR count). The van der Waals surface area contributed by atoms with Crippen molar-refractivity contribution >= 4 is 34.1 Å². The largest absolute Gasteiger partial charge is 0.396 e. The molecule has 2 saturated heterocycles. The summed E-state index contributed by atoms with van der Waals surface area (Å²) in [6, 6.07) is 8.99. The molecule has 0 radical (unpaired) electrons. The van der Waals surface area contributed by atoms with E-state index in [1.807, 2.05) is 0 Å². The summed E-state index contributed by atoms with van der Waals surface area (Å²) < 4.78 is 0. The van der Waals surface area contributed by atoms with Gasteiger partial charge in [-0.1, -0.05) is 11.6 Å². The van der Waals surface area contributed by atoms with Gasteiger partial charge in [-0.2, -0.15) is 0 Å². The highest BCUT2D eigenvalue weighted by Crippen LogP contribution is 2.33. The fourth-order valence-electron chi connectivity index (χ4n) is 5.06. The topological polar surface area (TPSA) is 80.3 Å². The molecule has 4 heterocycles. The number of nitrogens with one attached hydrogen (secondary N) is 2. The van der Waals surface area contributed by atoms with E-state index in [4.69, 9.17) is 16.6 Å². The first-order valence-electron chi connectivity index (χ1n) is 12.1. The fraction of sp³-hybridized carbons (Fsp3) is 0.520. The molecule has 2 aliphatic heterocycles. The van der Waals surface area contributed by atoms with Crippen molar-refractivity contribution in [3.63, 3.8) is 0 Å². The maximum Gasteiger partial charge on any atom is 0.180 e. The monoisotopic (exact) mass is 468 g/mol. The number of hydrogen-bond acceptors (Lipinski definition) is 6. The summed E-state index contributed by atoms with van der Waals surface area (Å²) in [5.41, 5.74) is 4.72. The molecule has 0 unspecified atom stereocenters. The van der Waals surface area contributed by atoms with Crippen molar-refractivity contribution in [1.29, 1.82) is 0 Å². The van der Waals surface area contributed by atoms with Crippen molar-refractivity contribution < 1.29 is 5.11 Å². The zero-order valence-corrected chi connectivity index (χ0v) is 20.0. The molecule has 3 aromatic rings. The molecular weight excluding hydrogens is 436 g/mol. The quantitative estimate of drug-likeness (QED) is 0.498. The van der Waals surface area contributed by atoms with Crippen LogP contribution in [0.3, 0.4) is 0 Å². The Balaban J connectivity index is 1.33. The summed E-state index contributed by atoms with van der Waals surface area (Å²) in [7, 11) is 2.17. The summed E-state index contributed by atoms with van der Waals surface area (Å²) in [6.07, 6.45) is 7.09. The number of hydrogen-bond donors (Lipinski definition) is 3. The molecule has 0 amide bonds. The molecular formula is C25H33ClN6O. The van der Waals surface area contributed by atoms with Gasteiger partial charge in [-0.3, -0.25) is 0 Å². The molecule has 0 saturated carbocycles. The van der Waals surface area contributed by atoms with Gasteiger partial charge in [0, 0.05) is 37.0 Å². The average molecular weight is 469 g/mol. The molecule has 1 aromatic carbocycles. The van der Waals surface area contributed by atoms with Crippen LogP contribution >= 0.6 is 11.6 Å². The number of pyridine rings is 1. The SMILES string of the molecule is CN1CCC(Nc2c(Cl)cnc3nc(-c4ccc(N5CCC(CCO)CC5)cc4)[nH]c23)CC1. The number of H-pyrrole nitrogens is 1. The number of fused-ring (bicyclic) bond motifs is 1. The highest BCUT2D eigenvalue weighted by atomic mass is 35.5. The van der Waals surface area contributed by atoms with Crippen molar-refractivity contribution in [3.8, 4) is 11.4 Å². The third kappa shape index (κ3) is 4.95. The third-order valence-electron chi connectivity index (χ3n) is 7.20. The average Bonchev–Trinajstić information content (AvgIpc) is 3.28. The number of imidazole rings is 1. The minimum Gasteiger partial charge on any atom is -0.396 e. The number of nitrogens with zero attached hydrogens (tertiary/aromatic N) is 4. The highest BCUT2D eigenvalue weighted by molar-refractivity contribution is 6.34. The van der Waals surface area contributed by atoms with E-state index in [0.717, 1.165) is 80.9 Å². The van der Waals surface area contributed by atoms with Gasteiger partial charge in [0.25, 0.3) is 0 Å². The number of rotatable bonds is 6. The van der Waals surface area contributed by atoms with Gasteiger partial charge in [-0.05, 0) is 82.4 Å². The lowest BCUT2D eigenvalue weighted by Crippen LogP contribution is -2.36. The summed E-state index contributed by atoms with van der Waals surface area (Å²) >= 11 is 6.54. The Morgan fingerprint density at radius 3 is 2.52 bits per heavy atom. The maximum atomic E-state index is 9.18. The van der Waals surface area contributed by atoms with E-state index in [1.165, 1.54) is 5.69 Å². The van der Waals surface area contributed by atoms with Crippen molar-refractivity contribution in [2.24, 2.45) is 5.92 Å². The molecule has 0 bridgehead atoms. The van der Waals surface area contributed by atoms with Crippen LogP contribution in [0.1, 0.15) is 32.1 Å². The molecule has 33 heavy (non-hydrogen) atoms. The first kappa shape index (κ1) is 22.4. The number of benzene rings is 1. The first-order valence-corrected chi connectivity index (χ1v) is 12.4. The second kappa shape index (κ2) is 9.87. The van der Waals surface area contributed by atoms with E-state index in [0.29, 0.717) is 29.2 Å². The van der Waals surface area contributed by atoms with E-state index >= 15 is 0 Å². The van der Waals surface area contributed by atoms with Crippen molar-refractivity contribution in [3.05, 3.63) is 35.5 Å². The van der Waals surface area contributed by atoms with Gasteiger partial charge in [-0.15, -0.1) is 0 Å². The standard InChI is InChI=1S/C25H33ClN6O/c1-31-11-8-19(9-12-31)28-22-21(26)16-27-25-23(22)29-24(30-25)18-2-4-20(5-3-18)32-13-6-17(7-14-32)10-15-33/h2-5,16-17,19,33H,6-15H2,1H3,(H2,27,28,29,30). The smallest absolute Gasteiger partial charge is 0.180 e. The summed E-state index contributed by atoms with van der Waals surface area (Å²) in [4.78, 5) is 17.5. The minimum absolute atomic E-state index is 0.298. The van der Waals surface area contributed by atoms with Gasteiger partial charge >= 0.3 is 0 Å². The molecule has 0 atom stereocenters. The van der Waals surface area contributed by atoms with Gasteiger partial charge in [0.05, 0.1) is 16.9 Å². The van der Waals surface area contributed by atoms with Gasteiger partial charge in [0.2, 0.25) is 0 Å². The number of aromatic nitrogens is 3. The third-order valence-corrected chi connectivity index (χ3v) is 7.49. The number of aliphatic hydroxyl groups is 1. The number of aromatic amines is 1. The Labute approximate surface area is 200 Å². The Morgan fingerprint density at radius 2 is 1.82 bits per heavy atom. The van der Waals surface area contributed by atoms with Crippen LogP contribution in [-0.2, 0) is 0 Å². The second-order valence-electron chi connectivity index (χ2n) is 9.48. The van der Waals surface area contributed by atoms with Crippen LogP contribution in [0.5, 0.6) is 0 Å². The van der Waals surface area contributed by atoms with Crippen LogP contribution in [0.4, 0.5) is 11.4 Å². The van der Waals surface area contributed by atoms with Crippen LogP contribution in [0.25, 0.3) is 22.6 Å². The Hall–Kier alpha value is -2.35. The first-order chi connectivity index (χ1) is 16.1. The molecule has 2 aromatic heterocycles. The Morgan fingerprint density at radius 1 is 1.09 bits per heavy atom. The zero-order valence-electron chi connectivity index (χ0n) is 19.2. The van der Waals surface area contributed by atoms with Gasteiger partial charge in [0.1, 0.15) is 11.3 Å². The molecule has 0 aliphatic carbocycles. The van der Waals surface area contributed by atoms with Crippen molar-refractivity contribution in [2.45, 2.75) is 38.1 Å². The van der Waals surface area contributed by atoms with E-state index in [9.17, 15) is 5.11 Å². The molecule has 8 heteroatoms.